The van der Waals surface area contributed by atoms with Crippen molar-refractivity contribution in [3.05, 3.63) is 94.5 Å². The molecule has 0 unspecified atom stereocenters. The van der Waals surface area contributed by atoms with Gasteiger partial charge in [-0.15, -0.1) is 0 Å². The van der Waals surface area contributed by atoms with Crippen LogP contribution < -0.4 is 9.62 Å². The molecule has 39 heavy (non-hydrogen) atoms. The molecule has 3 aromatic rings. The summed E-state index contributed by atoms with van der Waals surface area (Å²) in [7, 11) is -4.20. The summed E-state index contributed by atoms with van der Waals surface area (Å²) >= 11 is 12.5. The Morgan fingerprint density at radius 1 is 0.923 bits per heavy atom. The predicted octanol–water partition coefficient (Wildman–Crippen LogP) is 5.56. The minimum absolute atomic E-state index is 0.00205. The summed E-state index contributed by atoms with van der Waals surface area (Å²) in [6.07, 6.45) is 1.22. The van der Waals surface area contributed by atoms with Crippen LogP contribution in [-0.4, -0.2) is 50.3 Å². The number of carbonyl (C=O) groups is 2. The van der Waals surface area contributed by atoms with Gasteiger partial charge in [-0.25, -0.2) is 8.42 Å². The van der Waals surface area contributed by atoms with Crippen LogP contribution in [0.15, 0.2) is 83.8 Å². The van der Waals surface area contributed by atoms with Crippen molar-refractivity contribution >= 4 is 50.7 Å². The van der Waals surface area contributed by atoms with Crippen molar-refractivity contribution < 1.29 is 18.0 Å². The number of amides is 2. The van der Waals surface area contributed by atoms with Crippen LogP contribution in [0.2, 0.25) is 10.0 Å². The second kappa shape index (κ2) is 13.8. The number of hydrogen-bond acceptors (Lipinski definition) is 4. The number of carbonyl (C=O) groups excluding carboxylic acids is 2. The van der Waals surface area contributed by atoms with Crippen molar-refractivity contribution in [3.63, 3.8) is 0 Å². The van der Waals surface area contributed by atoms with Gasteiger partial charge in [0.1, 0.15) is 12.6 Å². The van der Waals surface area contributed by atoms with E-state index in [-0.39, 0.29) is 34.1 Å². The van der Waals surface area contributed by atoms with Gasteiger partial charge in [-0.1, -0.05) is 78.7 Å². The Morgan fingerprint density at radius 3 is 2.13 bits per heavy atom. The highest BCUT2D eigenvalue weighted by atomic mass is 35.5. The zero-order valence-electron chi connectivity index (χ0n) is 22.2. The topological polar surface area (TPSA) is 86.8 Å². The van der Waals surface area contributed by atoms with Gasteiger partial charge in [-0.3, -0.25) is 13.9 Å². The first-order chi connectivity index (χ1) is 18.5. The lowest BCUT2D eigenvalue weighted by Crippen LogP contribution is -2.53. The SMILES string of the molecule is CC[C@@H](C)NC(=O)[C@@H](C)N(CCc1ccccc1)C(=O)CN(c1ccc(Cl)cc1Cl)S(=O)(=O)c1ccccc1. The fourth-order valence-electron chi connectivity index (χ4n) is 3.95. The molecule has 2 atom stereocenters. The number of anilines is 1. The van der Waals surface area contributed by atoms with Gasteiger partial charge in [0.2, 0.25) is 11.8 Å². The van der Waals surface area contributed by atoms with Crippen molar-refractivity contribution in [3.8, 4) is 0 Å². The molecule has 10 heteroatoms. The standard InChI is InChI=1S/C29H33Cl2N3O4S/c1-4-21(2)32-29(36)22(3)33(18-17-23-11-7-5-8-12-23)28(35)20-34(27-16-15-24(30)19-26(27)31)39(37,38)25-13-9-6-10-14-25/h5-16,19,21-22H,4,17-18,20H2,1-3H3,(H,32,36)/t21-,22-/m1/s1. The average molecular weight is 591 g/mol. The Morgan fingerprint density at radius 2 is 1.54 bits per heavy atom. The van der Waals surface area contributed by atoms with Crippen molar-refractivity contribution in [2.24, 2.45) is 0 Å². The number of sulfonamides is 1. The molecule has 2 amide bonds. The van der Waals surface area contributed by atoms with E-state index in [2.05, 4.69) is 5.32 Å². The molecule has 0 aliphatic heterocycles. The van der Waals surface area contributed by atoms with E-state index in [4.69, 9.17) is 23.2 Å². The Balaban J connectivity index is 1.99. The fraction of sp³-hybridized carbons (Fsp3) is 0.310. The van der Waals surface area contributed by atoms with Gasteiger partial charge < -0.3 is 10.2 Å². The van der Waals surface area contributed by atoms with Crippen molar-refractivity contribution in [2.75, 3.05) is 17.4 Å². The minimum atomic E-state index is -4.20. The normalized spacial score (nSPS) is 12.8. The molecule has 1 N–H and O–H groups in total. The van der Waals surface area contributed by atoms with E-state index in [9.17, 15) is 18.0 Å². The molecule has 0 aliphatic carbocycles. The maximum absolute atomic E-state index is 13.9. The van der Waals surface area contributed by atoms with Crippen LogP contribution in [0.25, 0.3) is 0 Å². The monoisotopic (exact) mass is 589 g/mol. The molecule has 0 fully saturated rings. The second-order valence-electron chi connectivity index (χ2n) is 9.24. The van der Waals surface area contributed by atoms with E-state index in [0.29, 0.717) is 11.4 Å². The van der Waals surface area contributed by atoms with E-state index in [1.165, 1.54) is 35.2 Å². The molecule has 3 aromatic carbocycles. The molecule has 0 aromatic heterocycles. The van der Waals surface area contributed by atoms with E-state index in [0.717, 1.165) is 16.3 Å². The molecule has 3 rings (SSSR count). The number of hydrogen-bond donors (Lipinski definition) is 1. The summed E-state index contributed by atoms with van der Waals surface area (Å²) in [4.78, 5) is 28.4. The molecule has 0 radical (unpaired) electrons. The third-order valence-electron chi connectivity index (χ3n) is 6.44. The third kappa shape index (κ3) is 7.97. The minimum Gasteiger partial charge on any atom is -0.352 e. The van der Waals surface area contributed by atoms with Crippen LogP contribution in [0.5, 0.6) is 0 Å². The molecular weight excluding hydrogens is 557 g/mol. The van der Waals surface area contributed by atoms with Gasteiger partial charge in [0.05, 0.1) is 15.6 Å². The highest BCUT2D eigenvalue weighted by molar-refractivity contribution is 7.92. The fourth-order valence-corrected chi connectivity index (χ4v) is 5.97. The Labute approximate surface area is 240 Å². The summed E-state index contributed by atoms with van der Waals surface area (Å²) in [5.41, 5.74) is 1.09. The summed E-state index contributed by atoms with van der Waals surface area (Å²) in [6, 6.07) is 20.9. The maximum Gasteiger partial charge on any atom is 0.264 e. The van der Waals surface area contributed by atoms with E-state index >= 15 is 0 Å². The molecule has 0 spiro atoms. The van der Waals surface area contributed by atoms with Crippen LogP contribution in [0.3, 0.4) is 0 Å². The summed E-state index contributed by atoms with van der Waals surface area (Å²) in [5.74, 6) is -0.851. The lowest BCUT2D eigenvalue weighted by molar-refractivity contribution is -0.139. The van der Waals surface area contributed by atoms with Gasteiger partial charge in [0, 0.05) is 17.6 Å². The molecule has 7 nitrogen and oxygen atoms in total. The summed E-state index contributed by atoms with van der Waals surface area (Å²) in [5, 5.41) is 3.32. The first-order valence-electron chi connectivity index (χ1n) is 12.7. The van der Waals surface area contributed by atoms with Crippen LogP contribution in [-0.2, 0) is 26.0 Å². The van der Waals surface area contributed by atoms with Gasteiger partial charge >= 0.3 is 0 Å². The number of halogens is 2. The molecule has 0 heterocycles. The zero-order chi connectivity index (χ0) is 28.6. The smallest absolute Gasteiger partial charge is 0.264 e. The second-order valence-corrected chi connectivity index (χ2v) is 11.9. The lowest BCUT2D eigenvalue weighted by Gasteiger charge is -2.32. The molecule has 208 valence electrons. The number of nitrogens with zero attached hydrogens (tertiary/aromatic N) is 2. The van der Waals surface area contributed by atoms with Crippen molar-refractivity contribution in [2.45, 2.75) is 50.6 Å². The molecule has 0 aliphatic rings. The quantitative estimate of drug-likeness (QED) is 0.299. The van der Waals surface area contributed by atoms with Crippen LogP contribution in [0.4, 0.5) is 5.69 Å². The zero-order valence-corrected chi connectivity index (χ0v) is 24.5. The Bertz CT molecular complexity index is 1370. The summed E-state index contributed by atoms with van der Waals surface area (Å²) in [6.45, 7) is 5.14. The maximum atomic E-state index is 13.9. The number of rotatable bonds is 12. The lowest BCUT2D eigenvalue weighted by atomic mass is 10.1. The van der Waals surface area contributed by atoms with Gasteiger partial charge in [0.25, 0.3) is 10.0 Å². The Kier molecular flexibility index (Phi) is 10.8. The molecule has 0 saturated heterocycles. The highest BCUT2D eigenvalue weighted by Crippen LogP contribution is 2.33. The van der Waals surface area contributed by atoms with Crippen molar-refractivity contribution in [1.29, 1.82) is 0 Å². The van der Waals surface area contributed by atoms with Crippen molar-refractivity contribution in [1.82, 2.24) is 10.2 Å². The van der Waals surface area contributed by atoms with E-state index in [1.807, 2.05) is 44.2 Å². The van der Waals surface area contributed by atoms with Crippen LogP contribution in [0, 0.1) is 0 Å². The van der Waals surface area contributed by atoms with Gasteiger partial charge in [-0.2, -0.15) is 0 Å². The van der Waals surface area contributed by atoms with Gasteiger partial charge in [-0.05, 0) is 62.6 Å². The molecular formula is C29H33Cl2N3O4S. The molecule has 0 saturated carbocycles. The summed E-state index contributed by atoms with van der Waals surface area (Å²) < 4.78 is 28.5. The Hall–Kier alpha value is -3.07. The number of benzene rings is 3. The first kappa shape index (κ1) is 30.5. The van der Waals surface area contributed by atoms with E-state index < -0.39 is 28.5 Å². The number of nitrogens with one attached hydrogen (secondary N) is 1. The van der Waals surface area contributed by atoms with Crippen LogP contribution >= 0.6 is 23.2 Å². The van der Waals surface area contributed by atoms with E-state index in [1.54, 1.807) is 25.1 Å². The first-order valence-corrected chi connectivity index (χ1v) is 14.9. The van der Waals surface area contributed by atoms with Crippen LogP contribution in [0.1, 0.15) is 32.8 Å². The highest BCUT2D eigenvalue weighted by Gasteiger charge is 2.33. The van der Waals surface area contributed by atoms with Gasteiger partial charge in [0.15, 0.2) is 0 Å². The predicted molar refractivity (Wildman–Crippen MR) is 157 cm³/mol. The largest absolute Gasteiger partial charge is 0.352 e. The average Bonchev–Trinajstić information content (AvgIpc) is 2.93. The molecule has 0 bridgehead atoms. The third-order valence-corrected chi connectivity index (χ3v) is 8.75.